The van der Waals surface area contributed by atoms with Crippen molar-refractivity contribution >= 4 is 0 Å². The van der Waals surface area contributed by atoms with Gasteiger partial charge in [0.2, 0.25) is 0 Å². The summed E-state index contributed by atoms with van der Waals surface area (Å²) in [6, 6.07) is 8.55. The average molecular weight is 218 g/mol. The average Bonchev–Trinajstić information content (AvgIpc) is 2.56. The van der Waals surface area contributed by atoms with Crippen molar-refractivity contribution in [2.75, 3.05) is 0 Å². The first-order chi connectivity index (χ1) is 7.63. The van der Waals surface area contributed by atoms with Gasteiger partial charge in [-0.3, -0.25) is 0 Å². The standard InChI is InChI=1S/C13H15FN2/c1-9-7-11(8-15)10(2)16(9)13-5-3-12(14)4-6-13/h3-7H,8,15H2,1-2H3. The second-order valence-corrected chi connectivity index (χ2v) is 3.91. The van der Waals surface area contributed by atoms with Crippen LogP contribution < -0.4 is 5.73 Å². The molecule has 16 heavy (non-hydrogen) atoms. The molecule has 2 N–H and O–H groups in total. The van der Waals surface area contributed by atoms with Crippen LogP contribution in [0, 0.1) is 19.7 Å². The van der Waals surface area contributed by atoms with E-state index in [0.29, 0.717) is 6.54 Å². The van der Waals surface area contributed by atoms with Gasteiger partial charge in [-0.25, -0.2) is 4.39 Å². The molecular weight excluding hydrogens is 203 g/mol. The smallest absolute Gasteiger partial charge is 0.123 e. The molecule has 0 spiro atoms. The number of nitrogens with zero attached hydrogens (tertiary/aromatic N) is 1. The SMILES string of the molecule is Cc1cc(CN)c(C)n1-c1ccc(F)cc1. The first-order valence-electron chi connectivity index (χ1n) is 5.27. The van der Waals surface area contributed by atoms with E-state index in [2.05, 4.69) is 10.6 Å². The quantitative estimate of drug-likeness (QED) is 0.825. The minimum absolute atomic E-state index is 0.217. The van der Waals surface area contributed by atoms with Crippen molar-refractivity contribution in [2.45, 2.75) is 20.4 Å². The molecule has 0 aliphatic heterocycles. The lowest BCUT2D eigenvalue weighted by Gasteiger charge is -2.09. The largest absolute Gasteiger partial charge is 0.326 e. The van der Waals surface area contributed by atoms with E-state index in [0.717, 1.165) is 22.6 Å². The lowest BCUT2D eigenvalue weighted by molar-refractivity contribution is 0.627. The summed E-state index contributed by atoms with van der Waals surface area (Å²) in [7, 11) is 0. The molecule has 0 unspecified atom stereocenters. The van der Waals surface area contributed by atoms with E-state index >= 15 is 0 Å². The normalized spacial score (nSPS) is 10.8. The predicted octanol–water partition coefficient (Wildman–Crippen LogP) is 2.69. The monoisotopic (exact) mass is 218 g/mol. The van der Waals surface area contributed by atoms with Crippen molar-refractivity contribution < 1.29 is 4.39 Å². The number of rotatable bonds is 2. The lowest BCUT2D eigenvalue weighted by Crippen LogP contribution is -2.01. The van der Waals surface area contributed by atoms with Crippen LogP contribution in [0.5, 0.6) is 0 Å². The van der Waals surface area contributed by atoms with Crippen LogP contribution in [0.15, 0.2) is 30.3 Å². The van der Waals surface area contributed by atoms with Gasteiger partial charge < -0.3 is 10.3 Å². The fourth-order valence-corrected chi connectivity index (χ4v) is 2.02. The van der Waals surface area contributed by atoms with Gasteiger partial charge in [-0.1, -0.05) is 0 Å². The minimum atomic E-state index is -0.217. The molecule has 2 aromatic rings. The molecule has 0 saturated carbocycles. The van der Waals surface area contributed by atoms with Crippen molar-refractivity contribution in [3.63, 3.8) is 0 Å². The van der Waals surface area contributed by atoms with Gasteiger partial charge in [0.05, 0.1) is 0 Å². The minimum Gasteiger partial charge on any atom is -0.326 e. The van der Waals surface area contributed by atoms with Crippen molar-refractivity contribution in [3.8, 4) is 5.69 Å². The summed E-state index contributed by atoms with van der Waals surface area (Å²) in [6.45, 7) is 4.58. The fraction of sp³-hybridized carbons (Fsp3) is 0.231. The zero-order valence-electron chi connectivity index (χ0n) is 9.50. The Hall–Kier alpha value is -1.61. The van der Waals surface area contributed by atoms with Gasteiger partial charge in [0.15, 0.2) is 0 Å². The van der Waals surface area contributed by atoms with E-state index < -0.39 is 0 Å². The Morgan fingerprint density at radius 2 is 1.81 bits per heavy atom. The highest BCUT2D eigenvalue weighted by atomic mass is 19.1. The molecule has 3 heteroatoms. The number of nitrogens with two attached hydrogens (primary N) is 1. The Balaban J connectivity index is 2.55. The summed E-state index contributed by atoms with van der Waals surface area (Å²) >= 11 is 0. The van der Waals surface area contributed by atoms with Crippen LogP contribution in [0.3, 0.4) is 0 Å². The summed E-state index contributed by atoms with van der Waals surface area (Å²) < 4.78 is 14.9. The summed E-state index contributed by atoms with van der Waals surface area (Å²) in [4.78, 5) is 0. The molecule has 84 valence electrons. The Morgan fingerprint density at radius 3 is 2.31 bits per heavy atom. The van der Waals surface area contributed by atoms with E-state index in [-0.39, 0.29) is 5.82 Å². The summed E-state index contributed by atoms with van der Waals surface area (Å²) in [5.41, 5.74) is 9.99. The molecule has 0 saturated heterocycles. The maximum Gasteiger partial charge on any atom is 0.123 e. The number of aromatic nitrogens is 1. The second kappa shape index (κ2) is 4.10. The van der Waals surface area contributed by atoms with E-state index in [1.165, 1.54) is 12.1 Å². The molecular formula is C13H15FN2. The molecule has 0 bridgehead atoms. The number of aryl methyl sites for hydroxylation is 1. The van der Waals surface area contributed by atoms with Crippen LogP contribution in [0.25, 0.3) is 5.69 Å². The van der Waals surface area contributed by atoms with E-state index in [1.807, 2.05) is 13.8 Å². The number of benzene rings is 1. The van der Waals surface area contributed by atoms with Crippen LogP contribution in [-0.2, 0) is 6.54 Å². The predicted molar refractivity (Wildman–Crippen MR) is 63.1 cm³/mol. The Labute approximate surface area is 94.5 Å². The highest BCUT2D eigenvalue weighted by Crippen LogP contribution is 2.20. The zero-order valence-corrected chi connectivity index (χ0v) is 9.50. The number of hydrogen-bond acceptors (Lipinski definition) is 1. The summed E-state index contributed by atoms with van der Waals surface area (Å²) in [5, 5.41) is 0. The van der Waals surface area contributed by atoms with Gasteiger partial charge in [0, 0.05) is 23.6 Å². The van der Waals surface area contributed by atoms with Gasteiger partial charge in [0.1, 0.15) is 5.82 Å². The molecule has 1 heterocycles. The molecule has 0 amide bonds. The van der Waals surface area contributed by atoms with Crippen molar-refractivity contribution in [1.29, 1.82) is 0 Å². The third-order valence-electron chi connectivity index (χ3n) is 2.84. The zero-order chi connectivity index (χ0) is 11.7. The van der Waals surface area contributed by atoms with Crippen LogP contribution in [0.2, 0.25) is 0 Å². The molecule has 0 aliphatic rings. The van der Waals surface area contributed by atoms with Crippen molar-refractivity contribution in [1.82, 2.24) is 4.57 Å². The first-order valence-corrected chi connectivity index (χ1v) is 5.27. The van der Waals surface area contributed by atoms with Crippen LogP contribution in [-0.4, -0.2) is 4.57 Å². The molecule has 0 atom stereocenters. The molecule has 2 rings (SSSR count). The fourth-order valence-electron chi connectivity index (χ4n) is 2.02. The third kappa shape index (κ3) is 1.74. The Bertz CT molecular complexity index is 497. The van der Waals surface area contributed by atoms with E-state index in [1.54, 1.807) is 12.1 Å². The van der Waals surface area contributed by atoms with Crippen molar-refractivity contribution in [3.05, 3.63) is 53.1 Å². The van der Waals surface area contributed by atoms with Crippen LogP contribution in [0.4, 0.5) is 4.39 Å². The molecule has 0 aliphatic carbocycles. The summed E-state index contributed by atoms with van der Waals surface area (Å²) in [5.74, 6) is -0.217. The Morgan fingerprint density at radius 1 is 1.19 bits per heavy atom. The molecule has 2 nitrogen and oxygen atoms in total. The van der Waals surface area contributed by atoms with Gasteiger partial charge in [-0.05, 0) is 49.7 Å². The first kappa shape index (κ1) is 10.9. The summed E-state index contributed by atoms with van der Waals surface area (Å²) in [6.07, 6.45) is 0. The topological polar surface area (TPSA) is 30.9 Å². The maximum atomic E-state index is 12.8. The van der Waals surface area contributed by atoms with Gasteiger partial charge in [-0.15, -0.1) is 0 Å². The van der Waals surface area contributed by atoms with Crippen molar-refractivity contribution in [2.24, 2.45) is 5.73 Å². The highest BCUT2D eigenvalue weighted by molar-refractivity contribution is 5.41. The lowest BCUT2D eigenvalue weighted by atomic mass is 10.2. The maximum absolute atomic E-state index is 12.8. The third-order valence-corrected chi connectivity index (χ3v) is 2.84. The molecule has 0 radical (unpaired) electrons. The van der Waals surface area contributed by atoms with E-state index in [9.17, 15) is 4.39 Å². The highest BCUT2D eigenvalue weighted by Gasteiger charge is 2.09. The van der Waals surface area contributed by atoms with Crippen LogP contribution >= 0.6 is 0 Å². The molecule has 0 fully saturated rings. The van der Waals surface area contributed by atoms with Crippen LogP contribution in [0.1, 0.15) is 17.0 Å². The second-order valence-electron chi connectivity index (χ2n) is 3.91. The number of hydrogen-bond donors (Lipinski definition) is 1. The Kier molecular flexibility index (Phi) is 2.79. The van der Waals surface area contributed by atoms with E-state index in [4.69, 9.17) is 5.73 Å². The van der Waals surface area contributed by atoms with Gasteiger partial charge in [-0.2, -0.15) is 0 Å². The molecule has 1 aromatic heterocycles. The van der Waals surface area contributed by atoms with Gasteiger partial charge in [0.25, 0.3) is 0 Å². The number of halogens is 1. The van der Waals surface area contributed by atoms with Gasteiger partial charge >= 0.3 is 0 Å². The molecule has 1 aromatic carbocycles.